The molecule has 0 bridgehead atoms. The number of aromatic nitrogens is 1. The number of aliphatic carboxylic acids is 1. The van der Waals surface area contributed by atoms with Gasteiger partial charge in [-0.2, -0.15) is 0 Å². The van der Waals surface area contributed by atoms with Crippen molar-refractivity contribution in [1.82, 2.24) is 4.48 Å². The molecule has 0 fully saturated rings. The van der Waals surface area contributed by atoms with Crippen LogP contribution in [0.2, 0.25) is 0 Å². The first-order valence-electron chi connectivity index (χ1n) is 13.9. The van der Waals surface area contributed by atoms with Crippen molar-refractivity contribution < 1.29 is 23.3 Å². The van der Waals surface area contributed by atoms with E-state index in [0.29, 0.717) is 33.9 Å². The number of halogens is 2. The van der Waals surface area contributed by atoms with Crippen molar-refractivity contribution in [3.05, 3.63) is 138 Å². The van der Waals surface area contributed by atoms with Crippen LogP contribution in [-0.2, 0) is 4.79 Å². The first-order chi connectivity index (χ1) is 21.4. The minimum absolute atomic E-state index is 0.0862. The summed E-state index contributed by atoms with van der Waals surface area (Å²) in [6, 6.07) is 34.9. The van der Waals surface area contributed by atoms with Gasteiger partial charge in [0.1, 0.15) is 11.6 Å². The molecule has 1 aliphatic heterocycles. The Morgan fingerprint density at radius 1 is 0.841 bits per heavy atom. The van der Waals surface area contributed by atoms with Crippen LogP contribution in [0.1, 0.15) is 16.7 Å². The molecule has 216 valence electrons. The van der Waals surface area contributed by atoms with E-state index in [9.17, 15) is 13.4 Å². The maximum absolute atomic E-state index is 15.0. The topological polar surface area (TPSA) is 76.2 Å². The number of aliphatic imine (C=N–C) groups is 2. The smallest absolute Gasteiger partial charge is 0.482 e. The van der Waals surface area contributed by atoms with Crippen molar-refractivity contribution in [2.24, 2.45) is 9.98 Å². The standard InChI is InChI=1S/C35H26BF2N3O3/c1-23-12-14-25(15-13-23)30-21-32(27-10-6-3-7-11-27)41(36(37)38)35(30)40-34-29(20-31(39-34)26-8-4-2-5-9-26)24-16-18-28(19-17-24)44-22-33(42)43/h2-21H,22H2,1H3,(H,42,43). The summed E-state index contributed by atoms with van der Waals surface area (Å²) in [5.41, 5.74) is 6.17. The van der Waals surface area contributed by atoms with Gasteiger partial charge in [-0.05, 0) is 47.9 Å². The van der Waals surface area contributed by atoms with Crippen LogP contribution in [0.25, 0.3) is 28.0 Å². The monoisotopic (exact) mass is 585 g/mol. The number of amidine groups is 1. The largest absolute Gasteiger partial charge is 0.679 e. The van der Waals surface area contributed by atoms with E-state index in [1.54, 1.807) is 42.5 Å². The molecule has 0 amide bonds. The molecule has 44 heavy (non-hydrogen) atoms. The number of hydrogen-bond acceptors (Lipinski definition) is 3. The van der Waals surface area contributed by atoms with Gasteiger partial charge in [-0.1, -0.05) is 103 Å². The summed E-state index contributed by atoms with van der Waals surface area (Å²) in [5.74, 6) is -0.332. The molecule has 0 unspecified atom stereocenters. The molecule has 6 rings (SSSR count). The Balaban J connectivity index is 1.54. The number of carboxylic acids is 1. The molecule has 0 aliphatic carbocycles. The van der Waals surface area contributed by atoms with Crippen LogP contribution in [0, 0.1) is 6.92 Å². The van der Waals surface area contributed by atoms with E-state index < -0.39 is 20.0 Å². The lowest BCUT2D eigenvalue weighted by Crippen LogP contribution is -2.14. The highest BCUT2D eigenvalue weighted by molar-refractivity contribution is 6.43. The second-order valence-corrected chi connectivity index (χ2v) is 10.2. The Morgan fingerprint density at radius 3 is 2.07 bits per heavy atom. The minimum Gasteiger partial charge on any atom is -0.482 e. The number of rotatable bonds is 9. The Hall–Kier alpha value is -5.57. The van der Waals surface area contributed by atoms with Gasteiger partial charge in [-0.25, -0.2) is 14.8 Å². The highest BCUT2D eigenvalue weighted by atomic mass is 19.2. The molecule has 1 aromatic heterocycles. The quantitative estimate of drug-likeness (QED) is 0.178. The zero-order valence-corrected chi connectivity index (χ0v) is 23.7. The maximum atomic E-state index is 15.0. The van der Waals surface area contributed by atoms with Gasteiger partial charge in [0.05, 0.1) is 5.71 Å². The van der Waals surface area contributed by atoms with Gasteiger partial charge in [0.2, 0.25) is 0 Å². The highest BCUT2D eigenvalue weighted by Gasteiger charge is 2.29. The van der Waals surface area contributed by atoms with Crippen molar-refractivity contribution in [3.63, 3.8) is 0 Å². The molecule has 0 saturated heterocycles. The number of carboxylic acid groups (broad SMARTS) is 1. The molecule has 0 spiro atoms. The number of benzene rings is 4. The molecule has 9 heteroatoms. The number of allylic oxidation sites excluding steroid dienone is 1. The summed E-state index contributed by atoms with van der Waals surface area (Å²) in [6.45, 7) is 1.50. The number of aryl methyl sites for hydroxylation is 1. The summed E-state index contributed by atoms with van der Waals surface area (Å²) in [5, 5.41) is 8.95. The van der Waals surface area contributed by atoms with Crippen molar-refractivity contribution >= 4 is 36.3 Å². The van der Waals surface area contributed by atoms with Crippen LogP contribution < -0.4 is 4.74 Å². The third kappa shape index (κ3) is 5.98. The fourth-order valence-corrected chi connectivity index (χ4v) is 5.04. The molecule has 0 radical (unpaired) electrons. The lowest BCUT2D eigenvalue weighted by atomic mass is 10.0. The normalized spacial score (nSPS) is 13.5. The number of nitrogens with zero attached hydrogens (tertiary/aromatic N) is 3. The van der Waals surface area contributed by atoms with Crippen LogP contribution in [0.4, 0.5) is 14.4 Å². The Labute approximate surface area is 253 Å². The zero-order chi connectivity index (χ0) is 30.6. The SMILES string of the molecule is Cc1ccc(-c2cc(-c3ccccc3)n(B(F)F)c2N=C2N=C(c3ccccc3)C=C2c2ccc(OCC(=O)O)cc2)cc1. The van der Waals surface area contributed by atoms with Crippen LogP contribution in [-0.4, -0.2) is 41.1 Å². The van der Waals surface area contributed by atoms with E-state index in [4.69, 9.17) is 19.8 Å². The fraction of sp³-hybridized carbons (Fsp3) is 0.0571. The van der Waals surface area contributed by atoms with Crippen LogP contribution in [0.5, 0.6) is 5.75 Å². The van der Waals surface area contributed by atoms with E-state index in [0.717, 1.165) is 26.7 Å². The minimum atomic E-state index is -2.87. The number of ether oxygens (including phenoxy) is 1. The summed E-state index contributed by atoms with van der Waals surface area (Å²) in [4.78, 5) is 20.6. The molecule has 1 aliphatic rings. The molecule has 0 saturated carbocycles. The summed E-state index contributed by atoms with van der Waals surface area (Å²) in [7, 11) is -2.87. The Bertz CT molecular complexity index is 1900. The lowest BCUT2D eigenvalue weighted by molar-refractivity contribution is -0.139. The molecule has 2 heterocycles. The maximum Gasteiger partial charge on any atom is 0.679 e. The van der Waals surface area contributed by atoms with Gasteiger partial charge in [0, 0.05) is 22.4 Å². The van der Waals surface area contributed by atoms with Gasteiger partial charge < -0.3 is 14.3 Å². The molecular weight excluding hydrogens is 559 g/mol. The van der Waals surface area contributed by atoms with Gasteiger partial charge in [-0.15, -0.1) is 0 Å². The lowest BCUT2D eigenvalue weighted by Gasteiger charge is -2.11. The molecular formula is C35H26BF2N3O3. The van der Waals surface area contributed by atoms with Crippen molar-refractivity contribution in [2.45, 2.75) is 6.92 Å². The fourth-order valence-electron chi connectivity index (χ4n) is 5.04. The Morgan fingerprint density at radius 2 is 1.45 bits per heavy atom. The average Bonchev–Trinajstić information content (AvgIpc) is 3.64. The molecule has 4 aromatic carbocycles. The second-order valence-electron chi connectivity index (χ2n) is 10.2. The van der Waals surface area contributed by atoms with E-state index >= 15 is 0 Å². The predicted octanol–water partition coefficient (Wildman–Crippen LogP) is 7.98. The summed E-state index contributed by atoms with van der Waals surface area (Å²) in [6.07, 6.45) is 1.88. The Kier molecular flexibility index (Phi) is 8.01. The molecule has 0 atom stereocenters. The van der Waals surface area contributed by atoms with E-state index in [1.165, 1.54) is 0 Å². The van der Waals surface area contributed by atoms with E-state index in [1.807, 2.05) is 85.8 Å². The molecule has 1 N–H and O–H groups in total. The third-order valence-corrected chi connectivity index (χ3v) is 7.19. The van der Waals surface area contributed by atoms with E-state index in [2.05, 4.69) is 0 Å². The zero-order valence-electron chi connectivity index (χ0n) is 23.7. The number of carbonyl (C=O) groups is 1. The van der Waals surface area contributed by atoms with Crippen LogP contribution in [0.3, 0.4) is 0 Å². The van der Waals surface area contributed by atoms with Crippen molar-refractivity contribution in [1.29, 1.82) is 0 Å². The summed E-state index contributed by atoms with van der Waals surface area (Å²) < 4.78 is 36.2. The molecule has 6 nitrogen and oxygen atoms in total. The number of hydrogen-bond donors (Lipinski definition) is 1. The van der Waals surface area contributed by atoms with Gasteiger partial charge in [0.15, 0.2) is 12.4 Å². The van der Waals surface area contributed by atoms with Gasteiger partial charge in [-0.3, -0.25) is 8.63 Å². The van der Waals surface area contributed by atoms with Gasteiger partial charge in [0.25, 0.3) is 0 Å². The van der Waals surface area contributed by atoms with Crippen LogP contribution >= 0.6 is 0 Å². The van der Waals surface area contributed by atoms with Crippen molar-refractivity contribution in [3.8, 4) is 28.1 Å². The highest BCUT2D eigenvalue weighted by Crippen LogP contribution is 2.40. The first kappa shape index (κ1) is 28.5. The van der Waals surface area contributed by atoms with Crippen molar-refractivity contribution in [2.75, 3.05) is 6.61 Å². The average molecular weight is 585 g/mol. The first-order valence-corrected chi connectivity index (χ1v) is 13.9. The van der Waals surface area contributed by atoms with Gasteiger partial charge >= 0.3 is 13.4 Å². The third-order valence-electron chi connectivity index (χ3n) is 7.19. The second kappa shape index (κ2) is 12.3. The predicted molar refractivity (Wildman–Crippen MR) is 171 cm³/mol. The molecule has 5 aromatic rings. The summed E-state index contributed by atoms with van der Waals surface area (Å²) >= 11 is 0. The van der Waals surface area contributed by atoms with Crippen LogP contribution in [0.15, 0.2) is 131 Å². The van der Waals surface area contributed by atoms with E-state index in [-0.39, 0.29) is 11.7 Å².